The Balaban J connectivity index is 1.61. The Labute approximate surface area is 191 Å². The molecule has 4 rings (SSSR count). The highest BCUT2D eigenvalue weighted by molar-refractivity contribution is 8.18. The van der Waals surface area contributed by atoms with Gasteiger partial charge >= 0.3 is 0 Å². The van der Waals surface area contributed by atoms with Crippen molar-refractivity contribution in [2.24, 2.45) is 4.99 Å². The van der Waals surface area contributed by atoms with Gasteiger partial charge in [0.1, 0.15) is 0 Å². The molecule has 1 saturated heterocycles. The van der Waals surface area contributed by atoms with Crippen LogP contribution in [0, 0.1) is 13.8 Å². The number of amidine groups is 1. The number of carbonyl (C=O) groups is 1. The Morgan fingerprint density at radius 3 is 2.39 bits per heavy atom. The summed E-state index contributed by atoms with van der Waals surface area (Å²) in [6.07, 6.45) is 1.93. The van der Waals surface area contributed by atoms with E-state index in [9.17, 15) is 4.79 Å². The van der Waals surface area contributed by atoms with Crippen molar-refractivity contribution in [1.82, 2.24) is 9.88 Å². The van der Waals surface area contributed by atoms with Gasteiger partial charge in [-0.15, -0.1) is 0 Å². The lowest BCUT2D eigenvalue weighted by Crippen LogP contribution is -2.19. The number of thioether (sulfide) groups is 1. The molecule has 1 aliphatic heterocycles. The SMILES string of the molecule is Cc1cc(/C=C2/SC(=Nc3ccc(Cl)cc3)NC2=O)c(C)n1-c1ccc(N(C)C)cc1. The number of anilines is 1. The number of carbonyl (C=O) groups excluding carboxylic acids is 1. The van der Waals surface area contributed by atoms with Gasteiger partial charge in [0.15, 0.2) is 5.17 Å². The van der Waals surface area contributed by atoms with Crippen LogP contribution < -0.4 is 10.2 Å². The van der Waals surface area contributed by atoms with Gasteiger partial charge in [-0.3, -0.25) is 4.79 Å². The fourth-order valence-corrected chi connectivity index (χ4v) is 4.44. The van der Waals surface area contributed by atoms with Crippen molar-refractivity contribution in [3.63, 3.8) is 0 Å². The molecule has 0 saturated carbocycles. The highest BCUT2D eigenvalue weighted by atomic mass is 35.5. The largest absolute Gasteiger partial charge is 0.378 e. The molecule has 1 fully saturated rings. The van der Waals surface area contributed by atoms with Gasteiger partial charge in [0.05, 0.1) is 10.6 Å². The van der Waals surface area contributed by atoms with Gasteiger partial charge in [-0.05, 0) is 91.8 Å². The van der Waals surface area contributed by atoms with Gasteiger partial charge in [-0.2, -0.15) is 0 Å². The summed E-state index contributed by atoms with van der Waals surface area (Å²) in [7, 11) is 4.06. The number of hydrogen-bond acceptors (Lipinski definition) is 4. The summed E-state index contributed by atoms with van der Waals surface area (Å²) in [6, 6.07) is 17.7. The topological polar surface area (TPSA) is 49.6 Å². The molecule has 3 aromatic rings. The van der Waals surface area contributed by atoms with Crippen LogP contribution in [0.2, 0.25) is 5.02 Å². The highest BCUT2D eigenvalue weighted by Gasteiger charge is 2.24. The van der Waals surface area contributed by atoms with Crippen LogP contribution in [0.15, 0.2) is 64.5 Å². The summed E-state index contributed by atoms with van der Waals surface area (Å²) in [6.45, 7) is 4.14. The number of rotatable bonds is 4. The molecule has 1 N–H and O–H groups in total. The number of nitrogens with one attached hydrogen (secondary N) is 1. The third kappa shape index (κ3) is 4.55. The molecule has 2 heterocycles. The first-order valence-electron chi connectivity index (χ1n) is 9.83. The number of hydrogen-bond donors (Lipinski definition) is 1. The molecule has 1 aliphatic rings. The summed E-state index contributed by atoms with van der Waals surface area (Å²) in [5, 5.41) is 4.05. The third-order valence-corrected chi connectivity index (χ3v) is 6.25. The van der Waals surface area contributed by atoms with E-state index in [4.69, 9.17) is 11.6 Å². The number of nitrogens with zero attached hydrogens (tertiary/aromatic N) is 3. The van der Waals surface area contributed by atoms with E-state index in [2.05, 4.69) is 64.0 Å². The summed E-state index contributed by atoms with van der Waals surface area (Å²) in [5.41, 5.74) is 6.20. The molecule has 158 valence electrons. The average Bonchev–Trinajstić information content (AvgIpc) is 3.22. The number of benzene rings is 2. The van der Waals surface area contributed by atoms with E-state index in [1.807, 2.05) is 32.3 Å². The second kappa shape index (κ2) is 8.65. The molecule has 5 nitrogen and oxygen atoms in total. The number of aromatic nitrogens is 1. The summed E-state index contributed by atoms with van der Waals surface area (Å²) >= 11 is 7.26. The van der Waals surface area contributed by atoms with Crippen LogP contribution in [0.3, 0.4) is 0 Å². The van der Waals surface area contributed by atoms with Crippen LogP contribution in [0.25, 0.3) is 11.8 Å². The van der Waals surface area contributed by atoms with Crippen molar-refractivity contribution < 1.29 is 4.79 Å². The fourth-order valence-electron chi connectivity index (χ4n) is 3.49. The molecule has 1 amide bonds. The number of aryl methyl sites for hydroxylation is 1. The number of halogens is 1. The molecule has 7 heteroatoms. The van der Waals surface area contributed by atoms with Gasteiger partial charge in [0.25, 0.3) is 5.91 Å². The van der Waals surface area contributed by atoms with Crippen molar-refractivity contribution in [3.8, 4) is 5.69 Å². The maximum Gasteiger partial charge on any atom is 0.264 e. The molecule has 0 spiro atoms. The maximum absolute atomic E-state index is 12.5. The zero-order valence-electron chi connectivity index (χ0n) is 17.8. The van der Waals surface area contributed by atoms with E-state index in [0.29, 0.717) is 15.1 Å². The normalized spacial score (nSPS) is 16.2. The van der Waals surface area contributed by atoms with Crippen LogP contribution in [-0.4, -0.2) is 29.7 Å². The van der Waals surface area contributed by atoms with Crippen molar-refractivity contribution in [3.05, 3.63) is 81.5 Å². The van der Waals surface area contributed by atoms with Crippen LogP contribution >= 0.6 is 23.4 Å². The zero-order chi connectivity index (χ0) is 22.1. The lowest BCUT2D eigenvalue weighted by molar-refractivity contribution is -0.115. The average molecular weight is 451 g/mol. The lowest BCUT2D eigenvalue weighted by atomic mass is 10.2. The summed E-state index contributed by atoms with van der Waals surface area (Å²) in [5.74, 6) is -0.141. The van der Waals surface area contributed by atoms with E-state index in [0.717, 1.165) is 34.0 Å². The first-order valence-corrected chi connectivity index (χ1v) is 11.0. The van der Waals surface area contributed by atoms with E-state index in [-0.39, 0.29) is 5.91 Å². The second-order valence-corrected chi connectivity index (χ2v) is 9.00. The Kier molecular flexibility index (Phi) is 5.94. The fraction of sp³-hybridized carbons (Fsp3) is 0.167. The predicted octanol–water partition coefficient (Wildman–Crippen LogP) is 5.71. The Morgan fingerprint density at radius 2 is 1.74 bits per heavy atom. The summed E-state index contributed by atoms with van der Waals surface area (Å²) in [4.78, 5) is 19.7. The van der Waals surface area contributed by atoms with Crippen LogP contribution in [0.4, 0.5) is 11.4 Å². The van der Waals surface area contributed by atoms with E-state index >= 15 is 0 Å². The number of amides is 1. The molecule has 0 unspecified atom stereocenters. The first kappa shape index (κ1) is 21.3. The molecule has 31 heavy (non-hydrogen) atoms. The highest BCUT2D eigenvalue weighted by Crippen LogP contribution is 2.31. The third-order valence-electron chi connectivity index (χ3n) is 5.09. The zero-order valence-corrected chi connectivity index (χ0v) is 19.4. The summed E-state index contributed by atoms with van der Waals surface area (Å²) < 4.78 is 2.20. The Hall–Kier alpha value is -2.96. The number of aliphatic imine (C=N–C) groups is 1. The standard InChI is InChI=1S/C24H23ClN4OS/c1-15-13-17(16(2)29(15)21-11-9-20(10-12-21)28(3)4)14-22-23(30)27-24(31-22)26-19-7-5-18(25)6-8-19/h5-14H,1-4H3,(H,26,27,30)/b22-14+. The molecule has 0 radical (unpaired) electrons. The minimum atomic E-state index is -0.141. The van der Waals surface area contributed by atoms with Crippen molar-refractivity contribution in [1.29, 1.82) is 0 Å². The van der Waals surface area contributed by atoms with Crippen LogP contribution in [0.1, 0.15) is 17.0 Å². The quantitative estimate of drug-likeness (QED) is 0.518. The second-order valence-electron chi connectivity index (χ2n) is 7.53. The Morgan fingerprint density at radius 1 is 1.06 bits per heavy atom. The van der Waals surface area contributed by atoms with Gasteiger partial charge in [-0.1, -0.05) is 11.6 Å². The lowest BCUT2D eigenvalue weighted by Gasteiger charge is -2.14. The van der Waals surface area contributed by atoms with E-state index in [1.54, 1.807) is 12.1 Å². The van der Waals surface area contributed by atoms with Crippen LogP contribution in [0.5, 0.6) is 0 Å². The predicted molar refractivity (Wildman–Crippen MR) is 132 cm³/mol. The molecule has 0 bridgehead atoms. The van der Waals surface area contributed by atoms with Crippen molar-refractivity contribution in [2.75, 3.05) is 19.0 Å². The molecule has 0 atom stereocenters. The van der Waals surface area contributed by atoms with Crippen LogP contribution in [-0.2, 0) is 4.79 Å². The molecule has 0 aliphatic carbocycles. The Bertz CT molecular complexity index is 1190. The molecular weight excluding hydrogens is 428 g/mol. The van der Waals surface area contributed by atoms with Gasteiger partial charge in [-0.25, -0.2) is 4.99 Å². The van der Waals surface area contributed by atoms with Gasteiger partial charge in [0.2, 0.25) is 0 Å². The molecule has 2 aromatic carbocycles. The van der Waals surface area contributed by atoms with E-state index in [1.165, 1.54) is 11.8 Å². The minimum Gasteiger partial charge on any atom is -0.378 e. The van der Waals surface area contributed by atoms with Crippen molar-refractivity contribution >= 4 is 51.9 Å². The minimum absolute atomic E-state index is 0.141. The van der Waals surface area contributed by atoms with Crippen molar-refractivity contribution in [2.45, 2.75) is 13.8 Å². The van der Waals surface area contributed by atoms with E-state index < -0.39 is 0 Å². The van der Waals surface area contributed by atoms with Gasteiger partial charge < -0.3 is 14.8 Å². The molecular formula is C24H23ClN4OS. The monoisotopic (exact) mass is 450 g/mol. The maximum atomic E-state index is 12.5. The molecule has 1 aromatic heterocycles. The smallest absolute Gasteiger partial charge is 0.264 e. The first-order chi connectivity index (χ1) is 14.8. The van der Waals surface area contributed by atoms with Gasteiger partial charge in [0, 0.05) is 41.9 Å².